The van der Waals surface area contributed by atoms with Gasteiger partial charge in [-0.25, -0.2) is 0 Å². The minimum Gasteiger partial charge on any atom is -0.393 e. The van der Waals surface area contributed by atoms with Gasteiger partial charge < -0.3 is 15.0 Å². The van der Waals surface area contributed by atoms with Crippen LogP contribution in [0.1, 0.15) is 79.6 Å². The van der Waals surface area contributed by atoms with Gasteiger partial charge >= 0.3 is 0 Å². The first-order valence-corrected chi connectivity index (χ1v) is 10.0. The zero-order chi connectivity index (χ0) is 17.5. The summed E-state index contributed by atoms with van der Waals surface area (Å²) in [5, 5.41) is 20.4. The molecule has 144 valence electrons. The molecule has 0 saturated heterocycles. The van der Waals surface area contributed by atoms with E-state index in [1.54, 1.807) is 0 Å². The first-order chi connectivity index (χ1) is 11.5. The van der Waals surface area contributed by atoms with Gasteiger partial charge in [0.15, 0.2) is 0 Å². The number of carbonyl (C=O) groups excluding carboxylic acids is 1. The molecule has 4 rings (SSSR count). The first kappa shape index (κ1) is 20.6. The second kappa shape index (κ2) is 7.52. The molecule has 7 atom stereocenters. The van der Waals surface area contributed by atoms with Crippen molar-refractivity contribution in [3.05, 3.63) is 11.6 Å². The maximum Gasteiger partial charge on any atom is 0.130 e. The van der Waals surface area contributed by atoms with Crippen LogP contribution < -0.4 is 0 Å². The van der Waals surface area contributed by atoms with Gasteiger partial charge in [0.1, 0.15) is 6.29 Å². The Hall–Kier alpha value is -0.670. The Balaban J connectivity index is 0.000000726. The molecule has 4 aliphatic rings. The molecule has 3 nitrogen and oxygen atoms in total. The number of allylic oxidation sites excluding steroid dienone is 1. The third-order valence-corrected chi connectivity index (χ3v) is 7.84. The van der Waals surface area contributed by atoms with Gasteiger partial charge in [-0.05, 0) is 74.5 Å². The zero-order valence-electron chi connectivity index (χ0n) is 15.5. The molecular weight excluding hydrogens is 312 g/mol. The Morgan fingerprint density at radius 1 is 1.08 bits per heavy atom. The van der Waals surface area contributed by atoms with Gasteiger partial charge in [0, 0.05) is 0 Å². The van der Waals surface area contributed by atoms with Crippen molar-refractivity contribution in [2.45, 2.75) is 91.8 Å². The smallest absolute Gasteiger partial charge is 0.130 e. The van der Waals surface area contributed by atoms with Crippen LogP contribution in [0.4, 0.5) is 0 Å². The molecule has 3 fully saturated rings. The lowest BCUT2D eigenvalue weighted by atomic mass is 9.48. The fourth-order valence-electron chi connectivity index (χ4n) is 6.54. The molecule has 0 aromatic carbocycles. The van der Waals surface area contributed by atoms with Crippen LogP contribution in [-0.2, 0) is 4.79 Å². The van der Waals surface area contributed by atoms with Crippen molar-refractivity contribution in [1.82, 2.24) is 0 Å². The van der Waals surface area contributed by atoms with Gasteiger partial charge in [0.05, 0.1) is 17.6 Å². The quantitative estimate of drug-likeness (QED) is 0.540. The van der Waals surface area contributed by atoms with E-state index in [1.807, 2.05) is 13.8 Å². The van der Waals surface area contributed by atoms with Crippen molar-refractivity contribution in [3.8, 4) is 0 Å². The third-order valence-electron chi connectivity index (χ3n) is 7.84. The lowest BCUT2D eigenvalue weighted by Gasteiger charge is -2.56. The van der Waals surface area contributed by atoms with Crippen LogP contribution in [0.25, 0.3) is 0 Å². The molecule has 0 aromatic heterocycles. The van der Waals surface area contributed by atoms with Gasteiger partial charge in [-0.3, -0.25) is 0 Å². The Morgan fingerprint density at radius 2 is 1.80 bits per heavy atom. The number of hydrogen-bond donors (Lipinski definition) is 2. The summed E-state index contributed by atoms with van der Waals surface area (Å²) in [4.78, 5) is 12.1. The fraction of sp³-hybridized carbons (Fsp3) is 0.864. The van der Waals surface area contributed by atoms with E-state index in [2.05, 4.69) is 13.0 Å². The van der Waals surface area contributed by atoms with Crippen LogP contribution in [0.3, 0.4) is 0 Å². The van der Waals surface area contributed by atoms with Gasteiger partial charge in [-0.2, -0.15) is 0 Å². The summed E-state index contributed by atoms with van der Waals surface area (Å²) >= 11 is 0. The summed E-state index contributed by atoms with van der Waals surface area (Å²) in [6.45, 7) is 6.27. The van der Waals surface area contributed by atoms with Crippen LogP contribution in [0.5, 0.6) is 0 Å². The van der Waals surface area contributed by atoms with E-state index in [0.717, 1.165) is 44.9 Å². The highest BCUT2D eigenvalue weighted by molar-refractivity contribution is 5.67. The summed E-state index contributed by atoms with van der Waals surface area (Å²) in [5.74, 6) is 1.53. The van der Waals surface area contributed by atoms with Crippen LogP contribution in [-0.4, -0.2) is 28.7 Å². The van der Waals surface area contributed by atoms with Crippen molar-refractivity contribution in [1.29, 1.82) is 0 Å². The molecule has 7 unspecified atom stereocenters. The average Bonchev–Trinajstić information content (AvgIpc) is 2.91. The maximum absolute atomic E-state index is 12.1. The van der Waals surface area contributed by atoms with Crippen LogP contribution in [0.2, 0.25) is 0 Å². The molecular formula is C22H38O3. The topological polar surface area (TPSA) is 57.5 Å². The number of aliphatic hydroxyl groups is 2. The number of rotatable bonds is 1. The summed E-state index contributed by atoms with van der Waals surface area (Å²) in [6, 6.07) is 0. The second-order valence-corrected chi connectivity index (χ2v) is 8.53. The van der Waals surface area contributed by atoms with Gasteiger partial charge in [0.25, 0.3) is 0 Å². The Morgan fingerprint density at radius 3 is 2.48 bits per heavy atom. The van der Waals surface area contributed by atoms with Gasteiger partial charge in [0.2, 0.25) is 0 Å². The van der Waals surface area contributed by atoms with Crippen molar-refractivity contribution >= 4 is 6.29 Å². The number of aldehydes is 1. The molecule has 2 N–H and O–H groups in total. The molecule has 4 aliphatic carbocycles. The Kier molecular flexibility index (Phi) is 6.21. The number of fused-ring (bicyclic) bond motifs is 5. The summed E-state index contributed by atoms with van der Waals surface area (Å²) in [5.41, 5.74) is 0.964. The molecule has 0 bridgehead atoms. The molecule has 0 amide bonds. The second-order valence-electron chi connectivity index (χ2n) is 8.53. The van der Waals surface area contributed by atoms with Crippen LogP contribution >= 0.6 is 0 Å². The van der Waals surface area contributed by atoms with Crippen molar-refractivity contribution in [3.63, 3.8) is 0 Å². The monoisotopic (exact) mass is 350 g/mol. The molecule has 0 spiro atoms. The van der Waals surface area contributed by atoms with E-state index in [-0.39, 0.29) is 30.5 Å². The van der Waals surface area contributed by atoms with Crippen LogP contribution in [0.15, 0.2) is 11.6 Å². The number of aliphatic hydroxyl groups excluding tert-OH is 2. The van der Waals surface area contributed by atoms with Gasteiger partial charge in [-0.15, -0.1) is 0 Å². The lowest BCUT2D eigenvalue weighted by Crippen LogP contribution is -2.52. The molecule has 0 aromatic rings. The average molecular weight is 351 g/mol. The van der Waals surface area contributed by atoms with Crippen molar-refractivity contribution in [2.75, 3.05) is 0 Å². The normalized spacial score (nSPS) is 47.7. The highest BCUT2D eigenvalue weighted by Gasteiger charge is 2.59. The highest BCUT2D eigenvalue weighted by atomic mass is 16.3. The van der Waals surface area contributed by atoms with E-state index in [1.165, 1.54) is 11.9 Å². The molecule has 0 radical (unpaired) electrons. The van der Waals surface area contributed by atoms with E-state index in [4.69, 9.17) is 0 Å². The molecule has 25 heavy (non-hydrogen) atoms. The van der Waals surface area contributed by atoms with Crippen molar-refractivity contribution < 1.29 is 15.0 Å². The summed E-state index contributed by atoms with van der Waals surface area (Å²) in [7, 11) is 0. The van der Waals surface area contributed by atoms with E-state index in [0.29, 0.717) is 24.2 Å². The predicted octanol–water partition coefficient (Wildman–Crippen LogP) is 4.51. The highest BCUT2D eigenvalue weighted by Crippen LogP contribution is 2.64. The molecule has 0 aliphatic heterocycles. The van der Waals surface area contributed by atoms with E-state index >= 15 is 0 Å². The summed E-state index contributed by atoms with van der Waals surface area (Å²) in [6.07, 6.45) is 10.5. The Bertz CT molecular complexity index is 513. The largest absolute Gasteiger partial charge is 0.393 e. The van der Waals surface area contributed by atoms with Gasteiger partial charge in [-0.1, -0.05) is 39.8 Å². The summed E-state index contributed by atoms with van der Waals surface area (Å²) < 4.78 is 0. The first-order valence-electron chi connectivity index (χ1n) is 10.0. The number of hydrogen-bond acceptors (Lipinski definition) is 3. The fourth-order valence-corrected chi connectivity index (χ4v) is 6.54. The lowest BCUT2D eigenvalue weighted by molar-refractivity contribution is -0.127. The molecule has 3 heteroatoms. The molecule has 0 heterocycles. The van der Waals surface area contributed by atoms with Crippen molar-refractivity contribution in [2.24, 2.45) is 28.6 Å². The standard InChI is InChI=1S/C19H28O3.C2H6.CH4/c1-18-8-7-16-14(15(18)4-5-17(18)22)3-2-12-10-13(21)6-9-19(12,16)11-20;1-2;/h2,11,13-17,21-22H,3-10H2,1H3;1-2H3;1H4. The van der Waals surface area contributed by atoms with Crippen LogP contribution in [0, 0.1) is 28.6 Å². The van der Waals surface area contributed by atoms with E-state index < -0.39 is 0 Å². The SMILES string of the molecule is C.CC.CC12CCC3C(CC=C4CC(O)CCC43C=O)C1CCC2O. The zero-order valence-corrected chi connectivity index (χ0v) is 15.5. The Labute approximate surface area is 153 Å². The van der Waals surface area contributed by atoms with E-state index in [9.17, 15) is 15.0 Å². The maximum atomic E-state index is 12.1. The number of carbonyl (C=O) groups is 1. The predicted molar refractivity (Wildman–Crippen MR) is 102 cm³/mol. The minimum atomic E-state index is -0.309. The third kappa shape index (κ3) is 2.92. The minimum absolute atomic E-state index is 0. The molecule has 3 saturated carbocycles.